The second kappa shape index (κ2) is 6.42. The first-order chi connectivity index (χ1) is 9.43. The fraction of sp³-hybridized carbons (Fsp3) is 0.750. The summed E-state index contributed by atoms with van der Waals surface area (Å²) in [5.74, 6) is 1.97. The zero-order chi connectivity index (χ0) is 14.9. The Balaban J connectivity index is 2.16. The van der Waals surface area contributed by atoms with Crippen LogP contribution in [0.15, 0.2) is 4.47 Å². The minimum absolute atomic E-state index is 0.174. The Hall–Kier alpha value is -0.640. The number of halogens is 1. The van der Waals surface area contributed by atoms with Gasteiger partial charge in [0, 0.05) is 25.8 Å². The Kier molecular flexibility index (Phi) is 5.05. The van der Waals surface area contributed by atoms with Crippen LogP contribution in [0.4, 0.5) is 0 Å². The van der Waals surface area contributed by atoms with E-state index in [0.29, 0.717) is 17.6 Å². The maximum Gasteiger partial charge on any atom is 0.136 e. The molecule has 2 unspecified atom stereocenters. The number of ketones is 1. The van der Waals surface area contributed by atoms with Gasteiger partial charge in [0.2, 0.25) is 0 Å². The fourth-order valence-corrected chi connectivity index (χ4v) is 4.00. The highest BCUT2D eigenvalue weighted by Crippen LogP contribution is 2.35. The highest BCUT2D eigenvalue weighted by Gasteiger charge is 2.31. The van der Waals surface area contributed by atoms with Crippen molar-refractivity contribution in [3.8, 4) is 0 Å². The lowest BCUT2D eigenvalue weighted by molar-refractivity contribution is -0.126. The summed E-state index contributed by atoms with van der Waals surface area (Å²) < 4.78 is 3.04. The largest absolute Gasteiger partial charge is 0.299 e. The third kappa shape index (κ3) is 3.16. The van der Waals surface area contributed by atoms with Crippen molar-refractivity contribution in [3.63, 3.8) is 0 Å². The Labute approximate surface area is 130 Å². The van der Waals surface area contributed by atoms with Gasteiger partial charge in [0.05, 0.1) is 15.9 Å². The van der Waals surface area contributed by atoms with Crippen molar-refractivity contribution in [2.75, 3.05) is 0 Å². The third-order valence-electron chi connectivity index (χ3n) is 4.69. The number of aromatic nitrogens is 2. The van der Waals surface area contributed by atoms with Crippen molar-refractivity contribution >= 4 is 21.7 Å². The summed E-state index contributed by atoms with van der Waals surface area (Å²) in [4.78, 5) is 12.2. The van der Waals surface area contributed by atoms with E-state index in [1.807, 2.05) is 11.7 Å². The molecule has 1 aliphatic rings. The van der Waals surface area contributed by atoms with E-state index in [4.69, 9.17) is 0 Å². The van der Waals surface area contributed by atoms with Crippen LogP contribution in [0.2, 0.25) is 0 Å². The van der Waals surface area contributed by atoms with Crippen molar-refractivity contribution < 1.29 is 4.79 Å². The average molecular weight is 341 g/mol. The standard InChI is InChI=1S/C16H25BrN2O/c1-5-13-16(17)14(19(4)18-13)9-12-8-11(10(2)3)6-7-15(12)20/h10-12H,5-9H2,1-4H3. The molecule has 0 radical (unpaired) electrons. The Bertz CT molecular complexity index is 493. The van der Waals surface area contributed by atoms with Gasteiger partial charge in [0.25, 0.3) is 0 Å². The van der Waals surface area contributed by atoms with Crippen LogP contribution in [0, 0.1) is 17.8 Å². The number of hydrogen-bond acceptors (Lipinski definition) is 2. The Morgan fingerprint density at radius 2 is 2.15 bits per heavy atom. The van der Waals surface area contributed by atoms with Gasteiger partial charge in [0.15, 0.2) is 0 Å². The molecule has 0 amide bonds. The number of carbonyl (C=O) groups is 1. The fourth-order valence-electron chi connectivity index (χ4n) is 3.22. The predicted octanol–water partition coefficient (Wildman–Crippen LogP) is 3.93. The molecular weight excluding hydrogens is 316 g/mol. The molecule has 1 aromatic rings. The number of rotatable bonds is 4. The number of Topliss-reactive ketones (excluding diaryl/α,β-unsaturated/α-hetero) is 1. The maximum atomic E-state index is 12.2. The first-order valence-corrected chi connectivity index (χ1v) is 8.46. The van der Waals surface area contributed by atoms with Crippen molar-refractivity contribution in [2.24, 2.45) is 24.8 Å². The predicted molar refractivity (Wildman–Crippen MR) is 84.7 cm³/mol. The van der Waals surface area contributed by atoms with Crippen LogP contribution in [0.5, 0.6) is 0 Å². The van der Waals surface area contributed by atoms with Gasteiger partial charge in [-0.25, -0.2) is 0 Å². The maximum absolute atomic E-state index is 12.2. The summed E-state index contributed by atoms with van der Waals surface area (Å²) in [7, 11) is 1.98. The van der Waals surface area contributed by atoms with Crippen molar-refractivity contribution in [1.82, 2.24) is 9.78 Å². The van der Waals surface area contributed by atoms with Crippen LogP contribution in [0.25, 0.3) is 0 Å². The van der Waals surface area contributed by atoms with Crippen molar-refractivity contribution in [3.05, 3.63) is 15.9 Å². The lowest BCUT2D eigenvalue weighted by atomic mass is 9.74. The van der Waals surface area contributed by atoms with Gasteiger partial charge >= 0.3 is 0 Å². The van der Waals surface area contributed by atoms with Gasteiger partial charge in [-0.1, -0.05) is 20.8 Å². The molecule has 2 rings (SSSR count). The summed E-state index contributed by atoms with van der Waals surface area (Å²) in [6.07, 6.45) is 4.60. The van der Waals surface area contributed by atoms with E-state index in [9.17, 15) is 4.79 Å². The molecule has 0 aromatic carbocycles. The van der Waals surface area contributed by atoms with E-state index in [-0.39, 0.29) is 5.92 Å². The molecule has 1 fully saturated rings. The van der Waals surface area contributed by atoms with E-state index in [2.05, 4.69) is 41.8 Å². The van der Waals surface area contributed by atoms with Gasteiger partial charge in [-0.05, 0) is 47.0 Å². The second-order valence-corrected chi connectivity index (χ2v) is 7.12. The lowest BCUT2D eigenvalue weighted by Gasteiger charge is -2.30. The number of nitrogens with zero attached hydrogens (tertiary/aromatic N) is 2. The van der Waals surface area contributed by atoms with E-state index >= 15 is 0 Å². The van der Waals surface area contributed by atoms with E-state index in [1.54, 1.807) is 0 Å². The molecule has 0 N–H and O–H groups in total. The molecule has 0 spiro atoms. The molecule has 2 atom stereocenters. The first kappa shape index (κ1) is 15.7. The normalized spacial score (nSPS) is 23.6. The van der Waals surface area contributed by atoms with Gasteiger partial charge < -0.3 is 0 Å². The van der Waals surface area contributed by atoms with Gasteiger partial charge in [-0.15, -0.1) is 0 Å². The van der Waals surface area contributed by atoms with Gasteiger partial charge in [-0.3, -0.25) is 9.48 Å². The summed E-state index contributed by atoms with van der Waals surface area (Å²) in [5, 5.41) is 4.53. The number of carbonyl (C=O) groups excluding carboxylic acids is 1. The summed E-state index contributed by atoms with van der Waals surface area (Å²) in [6, 6.07) is 0. The topological polar surface area (TPSA) is 34.9 Å². The molecule has 1 aromatic heterocycles. The molecular formula is C16H25BrN2O. The minimum Gasteiger partial charge on any atom is -0.299 e. The zero-order valence-corrected chi connectivity index (χ0v) is 14.5. The molecule has 1 aliphatic carbocycles. The van der Waals surface area contributed by atoms with Crippen molar-refractivity contribution in [2.45, 2.75) is 52.9 Å². The smallest absolute Gasteiger partial charge is 0.136 e. The highest BCUT2D eigenvalue weighted by atomic mass is 79.9. The number of aryl methyl sites for hydroxylation is 2. The minimum atomic E-state index is 0.174. The van der Waals surface area contributed by atoms with Crippen LogP contribution in [-0.4, -0.2) is 15.6 Å². The van der Waals surface area contributed by atoms with Crippen LogP contribution in [0.1, 0.15) is 51.4 Å². The highest BCUT2D eigenvalue weighted by molar-refractivity contribution is 9.10. The molecule has 0 bridgehead atoms. The van der Waals surface area contributed by atoms with E-state index in [1.165, 1.54) is 5.69 Å². The van der Waals surface area contributed by atoms with Gasteiger partial charge in [-0.2, -0.15) is 5.10 Å². The summed E-state index contributed by atoms with van der Waals surface area (Å²) in [6.45, 7) is 6.65. The molecule has 4 heteroatoms. The van der Waals surface area contributed by atoms with E-state index in [0.717, 1.165) is 42.3 Å². The molecule has 1 heterocycles. The van der Waals surface area contributed by atoms with Crippen molar-refractivity contribution in [1.29, 1.82) is 0 Å². The SMILES string of the molecule is CCc1nn(C)c(CC2CC(C(C)C)CCC2=O)c1Br. The monoisotopic (exact) mass is 340 g/mol. The van der Waals surface area contributed by atoms with Crippen LogP contribution >= 0.6 is 15.9 Å². The average Bonchev–Trinajstić information content (AvgIpc) is 2.68. The van der Waals surface area contributed by atoms with E-state index < -0.39 is 0 Å². The molecule has 1 saturated carbocycles. The molecule has 0 saturated heterocycles. The van der Waals surface area contributed by atoms with Crippen LogP contribution < -0.4 is 0 Å². The quantitative estimate of drug-likeness (QED) is 0.832. The second-order valence-electron chi connectivity index (χ2n) is 6.33. The summed E-state index contributed by atoms with van der Waals surface area (Å²) in [5.41, 5.74) is 2.26. The zero-order valence-electron chi connectivity index (χ0n) is 12.9. The van der Waals surface area contributed by atoms with Crippen LogP contribution in [0.3, 0.4) is 0 Å². The number of hydrogen-bond donors (Lipinski definition) is 0. The molecule has 20 heavy (non-hydrogen) atoms. The Morgan fingerprint density at radius 1 is 1.45 bits per heavy atom. The first-order valence-electron chi connectivity index (χ1n) is 7.67. The molecule has 0 aliphatic heterocycles. The lowest BCUT2D eigenvalue weighted by Crippen LogP contribution is -2.29. The Morgan fingerprint density at radius 3 is 2.70 bits per heavy atom. The molecule has 3 nitrogen and oxygen atoms in total. The van der Waals surface area contributed by atoms with Crippen LogP contribution in [-0.2, 0) is 24.7 Å². The summed E-state index contributed by atoms with van der Waals surface area (Å²) >= 11 is 3.66. The molecule has 112 valence electrons. The third-order valence-corrected chi connectivity index (χ3v) is 5.61. The van der Waals surface area contributed by atoms with Gasteiger partial charge in [0.1, 0.15) is 5.78 Å².